The number of benzene rings is 8. The van der Waals surface area contributed by atoms with E-state index in [1.54, 1.807) is 12.4 Å². The van der Waals surface area contributed by atoms with E-state index in [1.165, 1.54) is 0 Å². The van der Waals surface area contributed by atoms with E-state index in [2.05, 4.69) is 171 Å². The van der Waals surface area contributed by atoms with Crippen molar-refractivity contribution >= 4 is 65.4 Å². The highest BCUT2D eigenvalue weighted by Gasteiger charge is 2.23. The molecule has 0 N–H and O–H groups in total. The predicted octanol–water partition coefficient (Wildman–Crippen LogP) is 15.5. The standard InChI is InChI=1S/C62H39N7O2/c1-3-16-40(17-4-1)48-36-50-51-37-49(41-18-5-2-6-19-41)59(71-43-27-29-47-45-21-8-10-23-53(45)68(55(47)35-43)61-25-12-14-31-64-61)39-57(51)69(62-65-32-15-33-66-62)56(50)38-58(48)70-42-26-28-46-44-20-7-9-22-52(44)67(54(46)34-42)60-24-11-13-30-63-60/h1-39H. The molecule has 334 valence electrons. The molecule has 71 heavy (non-hydrogen) atoms. The summed E-state index contributed by atoms with van der Waals surface area (Å²) in [5.41, 5.74) is 9.81. The minimum Gasteiger partial charge on any atom is -0.457 e. The molecule has 0 bridgehead atoms. The Bertz CT molecular complexity index is 4060. The number of para-hydroxylation sites is 2. The Morgan fingerprint density at radius 1 is 0.282 bits per heavy atom. The Morgan fingerprint density at radius 3 is 1.15 bits per heavy atom. The van der Waals surface area contributed by atoms with Gasteiger partial charge in [0, 0.05) is 92.5 Å². The SMILES string of the molecule is c1ccc(-c2cc3c4cc(-c5ccccc5)c(Oc5ccc6c7ccccc7n(-c7ccccn7)c6c5)cc4n(-c4ncccn4)c3cc2Oc2ccc3c4ccccc4n(-c4ccccn4)c3c2)cc1. The summed E-state index contributed by atoms with van der Waals surface area (Å²) in [7, 11) is 0. The Labute approximate surface area is 406 Å². The molecule has 9 heteroatoms. The van der Waals surface area contributed by atoms with Crippen molar-refractivity contribution in [2.45, 2.75) is 0 Å². The fourth-order valence-corrected chi connectivity index (χ4v) is 10.3. The van der Waals surface area contributed by atoms with E-state index in [9.17, 15) is 0 Å². The van der Waals surface area contributed by atoms with Gasteiger partial charge in [0.1, 0.15) is 34.6 Å². The summed E-state index contributed by atoms with van der Waals surface area (Å²) in [6, 6.07) is 72.9. The first kappa shape index (κ1) is 40.2. The average Bonchev–Trinajstić information content (AvgIpc) is 4.06. The molecular formula is C62H39N7O2. The van der Waals surface area contributed by atoms with Gasteiger partial charge in [0.25, 0.3) is 0 Å². The highest BCUT2D eigenvalue weighted by Crippen LogP contribution is 2.46. The number of hydrogen-bond donors (Lipinski definition) is 0. The minimum absolute atomic E-state index is 0.520. The molecule has 0 aliphatic carbocycles. The van der Waals surface area contributed by atoms with E-state index in [4.69, 9.17) is 29.4 Å². The maximum absolute atomic E-state index is 7.13. The Balaban J connectivity index is 0.986. The molecule has 0 amide bonds. The van der Waals surface area contributed by atoms with Crippen LogP contribution in [0.15, 0.2) is 237 Å². The summed E-state index contributed by atoms with van der Waals surface area (Å²) in [6.45, 7) is 0. The number of pyridine rings is 2. The van der Waals surface area contributed by atoms with Crippen molar-refractivity contribution in [3.05, 3.63) is 237 Å². The number of aromatic nitrogens is 7. The van der Waals surface area contributed by atoms with E-state index in [0.717, 1.165) is 99.3 Å². The molecule has 0 aliphatic heterocycles. The van der Waals surface area contributed by atoms with Gasteiger partial charge in [0.15, 0.2) is 0 Å². The van der Waals surface area contributed by atoms with Crippen molar-refractivity contribution in [2.75, 3.05) is 0 Å². The lowest BCUT2D eigenvalue weighted by molar-refractivity contribution is 0.485. The second-order valence-corrected chi connectivity index (χ2v) is 17.5. The molecular weight excluding hydrogens is 875 g/mol. The van der Waals surface area contributed by atoms with Crippen molar-refractivity contribution in [3.8, 4) is 62.8 Å². The zero-order valence-corrected chi connectivity index (χ0v) is 38.0. The van der Waals surface area contributed by atoms with E-state index in [0.29, 0.717) is 28.9 Å². The third kappa shape index (κ3) is 6.70. The largest absolute Gasteiger partial charge is 0.457 e. The van der Waals surface area contributed by atoms with Crippen LogP contribution in [-0.2, 0) is 0 Å². The molecule has 0 saturated carbocycles. The van der Waals surface area contributed by atoms with Gasteiger partial charge in [-0.1, -0.05) is 109 Å². The molecule has 8 aromatic carbocycles. The Kier molecular flexibility index (Phi) is 9.31. The minimum atomic E-state index is 0.520. The zero-order valence-electron chi connectivity index (χ0n) is 38.0. The van der Waals surface area contributed by atoms with E-state index < -0.39 is 0 Å². The number of hydrogen-bond acceptors (Lipinski definition) is 6. The predicted molar refractivity (Wildman–Crippen MR) is 285 cm³/mol. The normalized spacial score (nSPS) is 11.7. The molecule has 6 heterocycles. The number of ether oxygens (including phenoxy) is 2. The Hall–Kier alpha value is -9.86. The molecule has 9 nitrogen and oxygen atoms in total. The summed E-state index contributed by atoms with van der Waals surface area (Å²) in [6.07, 6.45) is 7.21. The van der Waals surface area contributed by atoms with Gasteiger partial charge in [-0.15, -0.1) is 0 Å². The van der Waals surface area contributed by atoms with Crippen molar-refractivity contribution in [1.29, 1.82) is 0 Å². The van der Waals surface area contributed by atoms with Gasteiger partial charge < -0.3 is 9.47 Å². The van der Waals surface area contributed by atoms with Crippen LogP contribution < -0.4 is 9.47 Å². The van der Waals surface area contributed by atoms with Gasteiger partial charge in [-0.05, 0) is 90.0 Å². The fourth-order valence-electron chi connectivity index (χ4n) is 10.3. The van der Waals surface area contributed by atoms with Gasteiger partial charge in [-0.25, -0.2) is 19.9 Å². The molecule has 0 unspecified atom stereocenters. The first-order chi connectivity index (χ1) is 35.2. The lowest BCUT2D eigenvalue weighted by Gasteiger charge is -2.14. The van der Waals surface area contributed by atoms with E-state index in [-0.39, 0.29) is 0 Å². The summed E-state index contributed by atoms with van der Waals surface area (Å²) in [5, 5.41) is 6.53. The summed E-state index contributed by atoms with van der Waals surface area (Å²) in [4.78, 5) is 19.2. The van der Waals surface area contributed by atoms with Crippen LogP contribution in [0.5, 0.6) is 23.0 Å². The first-order valence-corrected chi connectivity index (χ1v) is 23.5. The number of rotatable bonds is 9. The van der Waals surface area contributed by atoms with Gasteiger partial charge >= 0.3 is 0 Å². The van der Waals surface area contributed by atoms with Crippen molar-refractivity contribution in [3.63, 3.8) is 0 Å². The molecule has 0 spiro atoms. The van der Waals surface area contributed by atoms with Gasteiger partial charge in [0.2, 0.25) is 5.95 Å². The second-order valence-electron chi connectivity index (χ2n) is 17.5. The average molecular weight is 914 g/mol. The van der Waals surface area contributed by atoms with Crippen molar-refractivity contribution < 1.29 is 9.47 Å². The summed E-state index contributed by atoms with van der Waals surface area (Å²) < 4.78 is 20.8. The number of nitrogens with zero attached hydrogens (tertiary/aromatic N) is 7. The molecule has 14 rings (SSSR count). The van der Waals surface area contributed by atoms with Crippen LogP contribution in [0, 0.1) is 0 Å². The van der Waals surface area contributed by atoms with Crippen LogP contribution in [-0.4, -0.2) is 33.6 Å². The maximum atomic E-state index is 7.13. The number of fused-ring (bicyclic) bond motifs is 9. The molecule has 0 aliphatic rings. The molecule has 6 aromatic heterocycles. The van der Waals surface area contributed by atoms with E-state index >= 15 is 0 Å². The highest BCUT2D eigenvalue weighted by molar-refractivity contribution is 6.14. The molecule has 14 aromatic rings. The van der Waals surface area contributed by atoms with Crippen LogP contribution >= 0.6 is 0 Å². The van der Waals surface area contributed by atoms with Crippen LogP contribution in [0.4, 0.5) is 0 Å². The van der Waals surface area contributed by atoms with Crippen LogP contribution in [0.2, 0.25) is 0 Å². The summed E-state index contributed by atoms with van der Waals surface area (Å²) in [5.74, 6) is 4.93. The smallest absolute Gasteiger partial charge is 0.234 e. The molecule has 0 saturated heterocycles. The van der Waals surface area contributed by atoms with Crippen LogP contribution in [0.3, 0.4) is 0 Å². The van der Waals surface area contributed by atoms with Gasteiger partial charge in [-0.3, -0.25) is 13.7 Å². The van der Waals surface area contributed by atoms with Crippen molar-refractivity contribution in [2.24, 2.45) is 0 Å². The van der Waals surface area contributed by atoms with Crippen LogP contribution in [0.25, 0.3) is 105 Å². The van der Waals surface area contributed by atoms with Crippen molar-refractivity contribution in [1.82, 2.24) is 33.6 Å². The fraction of sp³-hybridized carbons (Fsp3) is 0. The third-order valence-corrected chi connectivity index (χ3v) is 13.4. The Morgan fingerprint density at radius 2 is 0.690 bits per heavy atom. The molecule has 0 fully saturated rings. The lowest BCUT2D eigenvalue weighted by Crippen LogP contribution is -2.00. The maximum Gasteiger partial charge on any atom is 0.234 e. The second kappa shape index (κ2) is 16.4. The zero-order chi connectivity index (χ0) is 46.8. The molecule has 0 radical (unpaired) electrons. The highest BCUT2D eigenvalue weighted by atomic mass is 16.5. The quantitative estimate of drug-likeness (QED) is 0.143. The molecule has 0 atom stereocenters. The summed E-state index contributed by atoms with van der Waals surface area (Å²) >= 11 is 0. The first-order valence-electron chi connectivity index (χ1n) is 23.5. The lowest BCUT2D eigenvalue weighted by atomic mass is 9.99. The van der Waals surface area contributed by atoms with Gasteiger partial charge in [0.05, 0.1) is 33.1 Å². The topological polar surface area (TPSA) is 84.8 Å². The monoisotopic (exact) mass is 913 g/mol. The van der Waals surface area contributed by atoms with Gasteiger partial charge in [-0.2, -0.15) is 0 Å². The third-order valence-electron chi connectivity index (χ3n) is 13.4. The van der Waals surface area contributed by atoms with E-state index in [1.807, 2.05) is 67.0 Å². The van der Waals surface area contributed by atoms with Crippen LogP contribution in [0.1, 0.15) is 0 Å².